The van der Waals surface area contributed by atoms with Gasteiger partial charge in [-0.2, -0.15) is 0 Å². The minimum Gasteiger partial charge on any atom is -0.317 e. The van der Waals surface area contributed by atoms with E-state index in [-0.39, 0.29) is 0 Å². The first kappa shape index (κ1) is 10.4. The second-order valence-corrected chi connectivity index (χ2v) is 6.80. The van der Waals surface area contributed by atoms with E-state index in [0.29, 0.717) is 10.9 Å². The van der Waals surface area contributed by atoms with E-state index in [0.717, 1.165) is 12.0 Å². The Bertz CT molecular complexity index is 125. The average Bonchev–Trinajstić information content (AvgIpc) is 2.03. The molecule has 0 aromatic heterocycles. The van der Waals surface area contributed by atoms with Gasteiger partial charge < -0.3 is 5.32 Å². The summed E-state index contributed by atoms with van der Waals surface area (Å²) in [6.07, 6.45) is 10.6. The van der Waals surface area contributed by atoms with Crippen molar-refractivity contribution in [1.29, 1.82) is 0 Å². The second kappa shape index (κ2) is 5.13. The van der Waals surface area contributed by atoms with Gasteiger partial charge in [-0.25, -0.2) is 0 Å². The van der Waals surface area contributed by atoms with Crippen LogP contribution in [0.2, 0.25) is 0 Å². The molecule has 74 valence electrons. The quantitative estimate of drug-likeness (QED) is 0.647. The van der Waals surface area contributed by atoms with Crippen molar-refractivity contribution in [2.45, 2.75) is 31.7 Å². The van der Waals surface area contributed by atoms with E-state index in [4.69, 9.17) is 0 Å². The molecule has 2 atom stereocenters. The van der Waals surface area contributed by atoms with Gasteiger partial charge >= 0.3 is 0 Å². The van der Waals surface area contributed by atoms with Crippen LogP contribution in [-0.4, -0.2) is 31.4 Å². The molecule has 0 aliphatic heterocycles. The van der Waals surface area contributed by atoms with Crippen molar-refractivity contribution < 1.29 is 0 Å². The fourth-order valence-corrected chi connectivity index (χ4v) is 3.60. The molecule has 2 heteroatoms. The molecule has 1 saturated carbocycles. The molecule has 1 aliphatic carbocycles. The summed E-state index contributed by atoms with van der Waals surface area (Å²) in [5.74, 6) is 2.52. The van der Waals surface area contributed by atoms with Crippen molar-refractivity contribution >= 4 is 10.9 Å². The highest BCUT2D eigenvalue weighted by Gasteiger charge is 2.20. The molecule has 0 bridgehead atoms. The van der Waals surface area contributed by atoms with E-state index in [1.807, 2.05) is 0 Å². The van der Waals surface area contributed by atoms with Crippen molar-refractivity contribution in [3.8, 4) is 0 Å². The van der Waals surface area contributed by atoms with Crippen LogP contribution in [-0.2, 0) is 0 Å². The summed E-state index contributed by atoms with van der Waals surface area (Å²) in [6, 6.07) is 0.818. The molecular weight excluding hydrogens is 166 g/mol. The summed E-state index contributed by atoms with van der Waals surface area (Å²) in [6.45, 7) is 0. The van der Waals surface area contributed by atoms with Crippen LogP contribution in [0.3, 0.4) is 0 Å². The van der Waals surface area contributed by atoms with E-state index in [9.17, 15) is 0 Å². The zero-order valence-electron chi connectivity index (χ0n) is 8.64. The minimum atomic E-state index is 0.325. The number of hydrogen-bond acceptors (Lipinski definition) is 1. The van der Waals surface area contributed by atoms with E-state index in [1.165, 1.54) is 31.4 Å². The van der Waals surface area contributed by atoms with Crippen molar-refractivity contribution in [1.82, 2.24) is 5.32 Å². The van der Waals surface area contributed by atoms with E-state index in [2.05, 4.69) is 24.9 Å². The lowest BCUT2D eigenvalue weighted by Crippen LogP contribution is -2.32. The summed E-state index contributed by atoms with van der Waals surface area (Å²) in [5, 5.41) is 3.41. The van der Waals surface area contributed by atoms with Crippen LogP contribution < -0.4 is 5.32 Å². The Morgan fingerprint density at radius 1 is 1.33 bits per heavy atom. The van der Waals surface area contributed by atoms with Crippen LogP contribution in [0.5, 0.6) is 0 Å². The third-order valence-electron chi connectivity index (χ3n) is 2.81. The molecule has 0 saturated heterocycles. The van der Waals surface area contributed by atoms with Crippen molar-refractivity contribution in [3.63, 3.8) is 0 Å². The molecule has 1 aliphatic rings. The van der Waals surface area contributed by atoms with Gasteiger partial charge in [0, 0.05) is 6.04 Å². The van der Waals surface area contributed by atoms with Crippen LogP contribution in [0.1, 0.15) is 25.7 Å². The van der Waals surface area contributed by atoms with Crippen LogP contribution in [0.4, 0.5) is 0 Å². The van der Waals surface area contributed by atoms with Crippen LogP contribution in [0.25, 0.3) is 0 Å². The van der Waals surface area contributed by atoms with Crippen molar-refractivity contribution in [3.05, 3.63) is 0 Å². The van der Waals surface area contributed by atoms with Gasteiger partial charge in [-0.15, -0.1) is 0 Å². The molecule has 0 radical (unpaired) electrons. The molecule has 1 nitrogen and oxygen atoms in total. The Hall–Kier alpha value is 0.310. The van der Waals surface area contributed by atoms with Crippen LogP contribution >= 0.6 is 10.9 Å². The first-order valence-corrected chi connectivity index (χ1v) is 7.46. The number of hydrogen-bond donors (Lipinski definition) is 2. The fourth-order valence-electron chi connectivity index (χ4n) is 2.24. The van der Waals surface area contributed by atoms with E-state index >= 15 is 0 Å². The lowest BCUT2D eigenvalue weighted by Gasteiger charge is -2.30. The predicted octanol–water partition coefficient (Wildman–Crippen LogP) is 2.03. The normalized spacial score (nSPS) is 31.8. The molecule has 1 rings (SSSR count). The van der Waals surface area contributed by atoms with Gasteiger partial charge in [-0.3, -0.25) is 10.9 Å². The van der Waals surface area contributed by atoms with Gasteiger partial charge in [0.25, 0.3) is 0 Å². The van der Waals surface area contributed by atoms with E-state index < -0.39 is 0 Å². The zero-order chi connectivity index (χ0) is 8.97. The molecule has 2 unspecified atom stereocenters. The molecule has 0 spiro atoms. The molecular formula is C10H23NS. The van der Waals surface area contributed by atoms with E-state index in [1.54, 1.807) is 0 Å². The predicted molar refractivity (Wildman–Crippen MR) is 60.5 cm³/mol. The van der Waals surface area contributed by atoms with Crippen LogP contribution in [0, 0.1) is 5.92 Å². The molecule has 0 aromatic carbocycles. The molecule has 0 aromatic rings. The molecule has 0 heterocycles. The van der Waals surface area contributed by atoms with Gasteiger partial charge in [-0.1, -0.05) is 6.42 Å². The van der Waals surface area contributed by atoms with Crippen molar-refractivity contribution in [2.24, 2.45) is 5.92 Å². The number of nitrogens with one attached hydrogen (secondary N) is 1. The van der Waals surface area contributed by atoms with Gasteiger partial charge in [0.15, 0.2) is 0 Å². The smallest absolute Gasteiger partial charge is 0.00669 e. The summed E-state index contributed by atoms with van der Waals surface area (Å²) < 4.78 is 0. The molecule has 12 heavy (non-hydrogen) atoms. The number of rotatable bonds is 3. The summed E-state index contributed by atoms with van der Waals surface area (Å²) >= 11 is 0. The van der Waals surface area contributed by atoms with Gasteiger partial charge in [0.1, 0.15) is 0 Å². The standard InChI is InChI=1S/C10H23NS/c1-11-10-6-4-5-9(7-10)8-12(2)3/h9-12H,4-8H2,1-3H3. The Morgan fingerprint density at radius 2 is 2.08 bits per heavy atom. The summed E-state index contributed by atoms with van der Waals surface area (Å²) in [4.78, 5) is 0. The topological polar surface area (TPSA) is 12.0 Å². The Kier molecular flexibility index (Phi) is 4.44. The Morgan fingerprint density at radius 3 is 2.67 bits per heavy atom. The third-order valence-corrected chi connectivity index (χ3v) is 4.06. The molecule has 0 amide bonds. The molecule has 1 N–H and O–H groups in total. The first-order valence-electron chi connectivity index (χ1n) is 5.04. The average molecular weight is 189 g/mol. The Balaban J connectivity index is 2.25. The zero-order valence-corrected chi connectivity index (χ0v) is 9.53. The highest BCUT2D eigenvalue weighted by molar-refractivity contribution is 8.15. The van der Waals surface area contributed by atoms with Gasteiger partial charge in [0.05, 0.1) is 0 Å². The summed E-state index contributed by atoms with van der Waals surface area (Å²) in [7, 11) is 2.43. The second-order valence-electron chi connectivity index (χ2n) is 4.28. The number of thiol groups is 1. The first-order chi connectivity index (χ1) is 5.72. The lowest BCUT2D eigenvalue weighted by atomic mass is 9.87. The fraction of sp³-hybridized carbons (Fsp3) is 1.00. The Labute approximate surface area is 79.7 Å². The summed E-state index contributed by atoms with van der Waals surface area (Å²) in [5.41, 5.74) is 0. The minimum absolute atomic E-state index is 0.325. The maximum Gasteiger partial charge on any atom is 0.00669 e. The van der Waals surface area contributed by atoms with Gasteiger partial charge in [0.2, 0.25) is 0 Å². The molecule has 1 fully saturated rings. The lowest BCUT2D eigenvalue weighted by molar-refractivity contribution is 0.317. The van der Waals surface area contributed by atoms with Crippen LogP contribution in [0.15, 0.2) is 0 Å². The largest absolute Gasteiger partial charge is 0.317 e. The maximum absolute atomic E-state index is 3.41. The maximum atomic E-state index is 3.41. The highest BCUT2D eigenvalue weighted by atomic mass is 32.2. The highest BCUT2D eigenvalue weighted by Crippen LogP contribution is 2.30. The third kappa shape index (κ3) is 3.36. The van der Waals surface area contributed by atoms with Crippen molar-refractivity contribution in [2.75, 3.05) is 25.3 Å². The van der Waals surface area contributed by atoms with Gasteiger partial charge in [-0.05, 0) is 50.5 Å². The monoisotopic (exact) mass is 189 g/mol. The SMILES string of the molecule is CNC1CCCC(C[SH](C)C)C1.